The molecule has 3 aromatic carbocycles. The van der Waals surface area contributed by atoms with Gasteiger partial charge in [0.2, 0.25) is 0 Å². The highest BCUT2D eigenvalue weighted by atomic mass is 127. The number of rotatable bonds is 5. The van der Waals surface area contributed by atoms with Crippen molar-refractivity contribution >= 4 is 59.1 Å². The van der Waals surface area contributed by atoms with Crippen molar-refractivity contribution in [3.8, 4) is 0 Å². The molecule has 6 heteroatoms. The maximum absolute atomic E-state index is 13.2. The van der Waals surface area contributed by atoms with Gasteiger partial charge < -0.3 is 14.5 Å². The molecule has 0 bridgehead atoms. The maximum atomic E-state index is 13.2. The molecule has 2 fully saturated rings. The Bertz CT molecular complexity index is 1270. The Hall–Kier alpha value is -2.32. The molecular formula is C29H28IN2O2Si+. The van der Waals surface area contributed by atoms with Crippen LogP contribution in [0.5, 0.6) is 0 Å². The zero-order valence-corrected chi connectivity index (χ0v) is 22.9. The second kappa shape index (κ2) is 8.37. The molecule has 0 unspecified atom stereocenters. The summed E-state index contributed by atoms with van der Waals surface area (Å²) in [6, 6.07) is 23.2. The van der Waals surface area contributed by atoms with E-state index in [4.69, 9.17) is 4.74 Å². The minimum absolute atomic E-state index is 0.209. The van der Waals surface area contributed by atoms with Crippen molar-refractivity contribution in [2.75, 3.05) is 40.4 Å². The first kappa shape index (κ1) is 21.9. The van der Waals surface area contributed by atoms with Gasteiger partial charge in [-0.1, -0.05) is 40.8 Å². The Labute approximate surface area is 222 Å². The van der Waals surface area contributed by atoms with Crippen LogP contribution >= 0.6 is 22.6 Å². The summed E-state index contributed by atoms with van der Waals surface area (Å²) in [6.07, 6.45) is 3.74. The number of esters is 1. The third-order valence-corrected chi connectivity index (χ3v) is 11.9. The number of carbonyl (C=O) groups is 1. The number of nitrogens with zero attached hydrogens (tertiary/aromatic N) is 2. The third-order valence-electron chi connectivity index (χ3n) is 8.19. The summed E-state index contributed by atoms with van der Waals surface area (Å²) in [5.74, 6) is -0.209. The van der Waals surface area contributed by atoms with Gasteiger partial charge in [0.05, 0.1) is 11.6 Å². The summed E-state index contributed by atoms with van der Waals surface area (Å²) in [4.78, 5) is 18.2. The molecule has 0 aliphatic carbocycles. The number of carbonyl (C=O) groups excluding carboxylic acids is 1. The van der Waals surface area contributed by atoms with Crippen molar-refractivity contribution in [1.29, 1.82) is 0 Å². The monoisotopic (exact) mass is 591 g/mol. The number of benzene rings is 3. The van der Waals surface area contributed by atoms with Gasteiger partial charge in [-0.2, -0.15) is 0 Å². The standard InChI is InChI=1S/C29H28IN2O2Si/c30-12-3-17-35-26-18-20(31-13-4-14-31)8-10-24(26)29(23-7-2-1-6-22(23)28(33)34-29)25-11-9-21(19-27(25)35)32-15-5-16-32/h1-2,6-11,18-19H,3-5,12-17H2/q+1. The van der Waals surface area contributed by atoms with Gasteiger partial charge in [0.1, 0.15) is 10.4 Å². The Kier molecular flexibility index (Phi) is 5.24. The largest absolute Gasteiger partial charge is 0.440 e. The van der Waals surface area contributed by atoms with E-state index >= 15 is 0 Å². The SMILES string of the molecule is O=C1OC2(c3ccccc31)c1ccc(N3CCC3)cc1[Si+](CCCI)c1cc(N3CCC3)ccc12. The number of fused-ring (bicyclic) bond motifs is 6. The Balaban J connectivity index is 1.50. The molecule has 0 radical (unpaired) electrons. The van der Waals surface area contributed by atoms with E-state index in [-0.39, 0.29) is 5.97 Å². The fourth-order valence-corrected chi connectivity index (χ4v) is 10.4. The minimum Gasteiger partial charge on any atom is -0.440 e. The van der Waals surface area contributed by atoms with Crippen LogP contribution in [-0.4, -0.2) is 45.4 Å². The van der Waals surface area contributed by atoms with Gasteiger partial charge >= 0.3 is 14.8 Å². The number of anilines is 2. The van der Waals surface area contributed by atoms with Gasteiger partial charge in [0.25, 0.3) is 0 Å². The van der Waals surface area contributed by atoms with Crippen LogP contribution in [0.15, 0.2) is 60.7 Å². The molecule has 176 valence electrons. The van der Waals surface area contributed by atoms with Gasteiger partial charge in [-0.15, -0.1) is 0 Å². The van der Waals surface area contributed by atoms with E-state index in [1.807, 2.05) is 18.2 Å². The fraction of sp³-hybridized carbons (Fsp3) is 0.345. The molecular weight excluding hydrogens is 563 g/mol. The molecule has 0 N–H and O–H groups in total. The molecule has 0 saturated carbocycles. The second-order valence-corrected chi connectivity index (χ2v) is 13.6. The van der Waals surface area contributed by atoms with Crippen LogP contribution in [0.1, 0.15) is 46.3 Å². The highest BCUT2D eigenvalue weighted by Gasteiger charge is 2.59. The number of halogens is 1. The van der Waals surface area contributed by atoms with Crippen molar-refractivity contribution in [3.63, 3.8) is 0 Å². The average Bonchev–Trinajstić information content (AvgIpc) is 3.10. The second-order valence-electron chi connectivity index (χ2n) is 10.0. The van der Waals surface area contributed by atoms with Crippen molar-refractivity contribution in [2.24, 2.45) is 0 Å². The van der Waals surface area contributed by atoms with E-state index in [1.54, 1.807) is 0 Å². The zero-order valence-electron chi connectivity index (χ0n) is 19.7. The molecule has 2 saturated heterocycles. The molecule has 0 atom stereocenters. The van der Waals surface area contributed by atoms with Crippen LogP contribution in [-0.2, 0) is 10.3 Å². The fourth-order valence-electron chi connectivity index (χ4n) is 6.14. The van der Waals surface area contributed by atoms with Crippen molar-refractivity contribution in [2.45, 2.75) is 30.9 Å². The summed E-state index contributed by atoms with van der Waals surface area (Å²) < 4.78 is 7.66. The maximum Gasteiger partial charge on any atom is 0.391 e. The van der Waals surface area contributed by atoms with Crippen LogP contribution in [0.2, 0.25) is 6.04 Å². The molecule has 4 aliphatic heterocycles. The number of hydrogen-bond donors (Lipinski definition) is 0. The lowest BCUT2D eigenvalue weighted by Crippen LogP contribution is -2.57. The molecule has 7 rings (SSSR count). The van der Waals surface area contributed by atoms with Crippen molar-refractivity contribution in [3.05, 3.63) is 82.9 Å². The predicted octanol–water partition coefficient (Wildman–Crippen LogP) is 4.32. The number of alkyl halides is 1. The lowest BCUT2D eigenvalue weighted by Gasteiger charge is -2.38. The van der Waals surface area contributed by atoms with Gasteiger partial charge in [-0.25, -0.2) is 4.79 Å². The highest BCUT2D eigenvalue weighted by Crippen LogP contribution is 2.48. The van der Waals surface area contributed by atoms with Gasteiger partial charge in [0, 0.05) is 58.7 Å². The molecule has 3 aromatic rings. The first-order chi connectivity index (χ1) is 17.2. The van der Waals surface area contributed by atoms with E-state index in [0.717, 1.165) is 36.2 Å². The van der Waals surface area contributed by atoms with Gasteiger partial charge in [0.15, 0.2) is 5.60 Å². The first-order valence-electron chi connectivity index (χ1n) is 12.7. The molecule has 4 aliphatic rings. The molecule has 1 spiro atoms. The molecule has 0 aromatic heterocycles. The van der Waals surface area contributed by atoms with E-state index in [2.05, 4.69) is 74.9 Å². The quantitative estimate of drug-likeness (QED) is 0.192. The van der Waals surface area contributed by atoms with Gasteiger partial charge in [-0.3, -0.25) is 0 Å². The highest BCUT2D eigenvalue weighted by molar-refractivity contribution is 14.1. The summed E-state index contributed by atoms with van der Waals surface area (Å²) >= 11 is 2.51. The number of ether oxygens (including phenoxy) is 1. The summed E-state index contributed by atoms with van der Waals surface area (Å²) in [6.45, 7) is 4.53. The van der Waals surface area contributed by atoms with E-state index in [9.17, 15) is 4.79 Å². The van der Waals surface area contributed by atoms with Crippen LogP contribution in [0.25, 0.3) is 0 Å². The van der Waals surface area contributed by atoms with Crippen LogP contribution in [0.3, 0.4) is 0 Å². The first-order valence-corrected chi connectivity index (χ1v) is 16.0. The molecule has 4 heterocycles. The summed E-state index contributed by atoms with van der Waals surface area (Å²) in [7, 11) is -1.03. The van der Waals surface area contributed by atoms with Gasteiger partial charge in [-0.05, 0) is 61.7 Å². The minimum atomic E-state index is -1.03. The van der Waals surface area contributed by atoms with Crippen LogP contribution < -0.4 is 20.2 Å². The smallest absolute Gasteiger partial charge is 0.391 e. The zero-order chi connectivity index (χ0) is 23.6. The Morgan fingerprint density at radius 2 is 1.43 bits per heavy atom. The van der Waals surface area contributed by atoms with Crippen molar-refractivity contribution < 1.29 is 9.53 Å². The molecule has 4 nitrogen and oxygen atoms in total. The topological polar surface area (TPSA) is 32.8 Å². The molecule has 35 heavy (non-hydrogen) atoms. The van der Waals surface area contributed by atoms with E-state index in [1.165, 1.54) is 58.2 Å². The summed E-state index contributed by atoms with van der Waals surface area (Å²) in [5.41, 5.74) is 5.86. The van der Waals surface area contributed by atoms with E-state index < -0.39 is 14.4 Å². The number of hydrogen-bond acceptors (Lipinski definition) is 4. The van der Waals surface area contributed by atoms with E-state index in [0.29, 0.717) is 5.56 Å². The Morgan fingerprint density at radius 3 is 1.97 bits per heavy atom. The lowest BCUT2D eigenvalue weighted by atomic mass is 9.79. The van der Waals surface area contributed by atoms with Crippen LogP contribution in [0, 0.1) is 0 Å². The molecule has 0 amide bonds. The van der Waals surface area contributed by atoms with Crippen molar-refractivity contribution in [1.82, 2.24) is 0 Å². The lowest BCUT2D eigenvalue weighted by molar-refractivity contribution is 0.0255. The Morgan fingerprint density at radius 1 is 0.829 bits per heavy atom. The van der Waals surface area contributed by atoms with Crippen LogP contribution in [0.4, 0.5) is 11.4 Å². The third kappa shape index (κ3) is 3.18. The average molecular weight is 592 g/mol. The normalized spacial score (nSPS) is 19.0. The predicted molar refractivity (Wildman–Crippen MR) is 152 cm³/mol. The summed E-state index contributed by atoms with van der Waals surface area (Å²) in [5, 5.41) is 2.86.